The summed E-state index contributed by atoms with van der Waals surface area (Å²) in [5.41, 5.74) is 3.25. The van der Waals surface area contributed by atoms with Crippen molar-refractivity contribution in [1.29, 1.82) is 0 Å². The van der Waals surface area contributed by atoms with Gasteiger partial charge in [0.15, 0.2) is 0 Å². The van der Waals surface area contributed by atoms with E-state index in [1.807, 2.05) is 20.8 Å². The zero-order valence-electron chi connectivity index (χ0n) is 7.22. The monoisotopic (exact) mass is 154 g/mol. The molecule has 1 N–H and O–H groups in total. The first-order valence-electron chi connectivity index (χ1n) is 3.54. The fourth-order valence-corrected chi connectivity index (χ4v) is 0.318. The summed E-state index contributed by atoms with van der Waals surface area (Å²) < 4.78 is 0. The van der Waals surface area contributed by atoms with Gasteiger partial charge < -0.3 is 0 Å². The van der Waals surface area contributed by atoms with Gasteiger partial charge in [0.05, 0.1) is 0 Å². The molecule has 0 saturated carbocycles. The molecule has 0 aromatic carbocycles. The maximum absolute atomic E-state index is 10.6. The minimum Gasteiger partial charge on any atom is -0.268 e. The maximum Gasteiger partial charge on any atom is 0.263 e. The van der Waals surface area contributed by atoms with Gasteiger partial charge in [0, 0.05) is 5.71 Å². The summed E-state index contributed by atoms with van der Waals surface area (Å²) in [5.74, 6) is 0.0881. The summed E-state index contributed by atoms with van der Waals surface area (Å²) in [4.78, 5) is 10.6. The third-order valence-corrected chi connectivity index (χ3v) is 1.36. The Morgan fingerprint density at radius 1 is 1.64 bits per heavy atom. The predicted octanol–water partition coefficient (Wildman–Crippen LogP) is 1.32. The number of amides is 1. The molecule has 3 nitrogen and oxygen atoms in total. The second-order valence-electron chi connectivity index (χ2n) is 2.59. The molecule has 0 atom stereocenters. The fourth-order valence-electron chi connectivity index (χ4n) is 0.318. The first-order chi connectivity index (χ1) is 5.07. The van der Waals surface area contributed by atoms with Crippen molar-refractivity contribution in [3.8, 4) is 0 Å². The summed E-state index contributed by atoms with van der Waals surface area (Å²) in [6.07, 6.45) is 1.19. The van der Waals surface area contributed by atoms with Crippen molar-refractivity contribution in [3.63, 3.8) is 0 Å². The van der Waals surface area contributed by atoms with Gasteiger partial charge in [-0.3, -0.25) is 4.79 Å². The highest BCUT2D eigenvalue weighted by Gasteiger charge is 1.97. The van der Waals surface area contributed by atoms with Crippen molar-refractivity contribution in [3.05, 3.63) is 12.7 Å². The smallest absolute Gasteiger partial charge is 0.263 e. The Morgan fingerprint density at radius 2 is 2.18 bits per heavy atom. The molecule has 11 heavy (non-hydrogen) atoms. The topological polar surface area (TPSA) is 41.5 Å². The molecule has 0 bridgehead atoms. The summed E-state index contributed by atoms with van der Waals surface area (Å²) in [5, 5.41) is 3.84. The second-order valence-corrected chi connectivity index (χ2v) is 2.59. The van der Waals surface area contributed by atoms with Crippen molar-refractivity contribution in [2.75, 3.05) is 0 Å². The van der Waals surface area contributed by atoms with E-state index in [-0.39, 0.29) is 5.91 Å². The highest BCUT2D eigenvalue weighted by atomic mass is 16.2. The Kier molecular flexibility index (Phi) is 4.18. The molecule has 0 aliphatic rings. The van der Waals surface area contributed by atoms with Crippen LogP contribution in [0.5, 0.6) is 0 Å². The molecule has 0 radical (unpaired) electrons. The Morgan fingerprint density at radius 3 is 2.55 bits per heavy atom. The first kappa shape index (κ1) is 9.88. The normalized spacial score (nSPS) is 11.5. The minimum absolute atomic E-state index is 0.273. The van der Waals surface area contributed by atoms with Crippen LogP contribution in [0.15, 0.2) is 17.8 Å². The third kappa shape index (κ3) is 4.31. The van der Waals surface area contributed by atoms with Crippen LogP contribution in [0.2, 0.25) is 0 Å². The Bertz CT molecular complexity index is 183. The molecule has 0 aromatic rings. The van der Waals surface area contributed by atoms with E-state index in [1.165, 1.54) is 6.08 Å². The fraction of sp³-hybridized carbons (Fsp3) is 0.500. The Hall–Kier alpha value is -1.12. The highest BCUT2D eigenvalue weighted by Crippen LogP contribution is 1.93. The lowest BCUT2D eigenvalue weighted by molar-refractivity contribution is -0.116. The Balaban J connectivity index is 3.92. The quantitative estimate of drug-likeness (QED) is 0.372. The van der Waals surface area contributed by atoms with Gasteiger partial charge in [0.1, 0.15) is 0 Å². The molecule has 0 spiro atoms. The lowest BCUT2D eigenvalue weighted by atomic mass is 10.1. The third-order valence-electron chi connectivity index (χ3n) is 1.36. The van der Waals surface area contributed by atoms with Crippen LogP contribution in [0.1, 0.15) is 20.8 Å². The number of hydrogen-bond donors (Lipinski definition) is 1. The molecule has 0 rings (SSSR count). The van der Waals surface area contributed by atoms with Gasteiger partial charge in [-0.15, -0.1) is 0 Å². The molecule has 0 aliphatic heterocycles. The Labute approximate surface area is 67.2 Å². The predicted molar refractivity (Wildman–Crippen MR) is 46.3 cm³/mol. The van der Waals surface area contributed by atoms with Crippen LogP contribution < -0.4 is 5.43 Å². The summed E-state index contributed by atoms with van der Waals surface area (Å²) in [6.45, 7) is 9.20. The summed E-state index contributed by atoms with van der Waals surface area (Å²) in [6, 6.07) is 0. The zero-order chi connectivity index (χ0) is 8.85. The largest absolute Gasteiger partial charge is 0.268 e. The van der Waals surface area contributed by atoms with Gasteiger partial charge in [-0.25, -0.2) is 5.43 Å². The highest BCUT2D eigenvalue weighted by molar-refractivity contribution is 5.89. The molecule has 62 valence electrons. The molecule has 0 aromatic heterocycles. The van der Waals surface area contributed by atoms with Crippen molar-refractivity contribution in [2.24, 2.45) is 11.0 Å². The number of hydrazone groups is 1. The van der Waals surface area contributed by atoms with Crippen molar-refractivity contribution in [1.82, 2.24) is 5.43 Å². The van der Waals surface area contributed by atoms with Crippen LogP contribution >= 0.6 is 0 Å². The molecular weight excluding hydrogens is 140 g/mol. The lowest BCUT2D eigenvalue weighted by Crippen LogP contribution is -2.17. The van der Waals surface area contributed by atoms with E-state index in [9.17, 15) is 4.79 Å². The van der Waals surface area contributed by atoms with Crippen LogP contribution in [-0.2, 0) is 4.79 Å². The van der Waals surface area contributed by atoms with Crippen molar-refractivity contribution < 1.29 is 4.79 Å². The lowest BCUT2D eigenvalue weighted by Gasteiger charge is -2.02. The van der Waals surface area contributed by atoms with Crippen molar-refractivity contribution >= 4 is 11.6 Å². The van der Waals surface area contributed by atoms with Gasteiger partial charge in [-0.05, 0) is 18.9 Å². The van der Waals surface area contributed by atoms with Crippen LogP contribution in [0.25, 0.3) is 0 Å². The molecule has 0 heterocycles. The standard InChI is InChI=1S/C8H14N2O/c1-5-8(11)10-9-7(4)6(2)3/h5-6H,1H2,2-4H3,(H,10,11)/b9-7+. The van der Waals surface area contributed by atoms with Crippen LogP contribution in [0.3, 0.4) is 0 Å². The average Bonchev–Trinajstić information content (AvgIpc) is 1.99. The molecule has 0 fully saturated rings. The zero-order valence-corrected chi connectivity index (χ0v) is 7.22. The first-order valence-corrected chi connectivity index (χ1v) is 3.54. The molecule has 0 unspecified atom stereocenters. The average molecular weight is 154 g/mol. The van der Waals surface area contributed by atoms with E-state index >= 15 is 0 Å². The van der Waals surface area contributed by atoms with E-state index in [0.29, 0.717) is 5.92 Å². The number of rotatable bonds is 3. The maximum atomic E-state index is 10.6. The molecule has 1 amide bonds. The minimum atomic E-state index is -0.273. The van der Waals surface area contributed by atoms with Crippen LogP contribution in [0, 0.1) is 5.92 Å². The van der Waals surface area contributed by atoms with E-state index in [0.717, 1.165) is 5.71 Å². The number of nitrogens with zero attached hydrogens (tertiary/aromatic N) is 1. The number of nitrogens with one attached hydrogen (secondary N) is 1. The second kappa shape index (κ2) is 4.66. The SMILES string of the molecule is C=CC(=O)N/N=C(\C)C(C)C. The van der Waals surface area contributed by atoms with E-state index in [1.54, 1.807) is 0 Å². The van der Waals surface area contributed by atoms with Crippen LogP contribution in [-0.4, -0.2) is 11.6 Å². The summed E-state index contributed by atoms with van der Waals surface area (Å²) >= 11 is 0. The molecular formula is C8H14N2O. The van der Waals surface area contributed by atoms with Gasteiger partial charge >= 0.3 is 0 Å². The van der Waals surface area contributed by atoms with E-state index in [4.69, 9.17) is 0 Å². The van der Waals surface area contributed by atoms with E-state index < -0.39 is 0 Å². The van der Waals surface area contributed by atoms with Crippen molar-refractivity contribution in [2.45, 2.75) is 20.8 Å². The van der Waals surface area contributed by atoms with Gasteiger partial charge in [-0.2, -0.15) is 5.10 Å². The van der Waals surface area contributed by atoms with Gasteiger partial charge in [-0.1, -0.05) is 20.4 Å². The van der Waals surface area contributed by atoms with Gasteiger partial charge in [0.2, 0.25) is 0 Å². The van der Waals surface area contributed by atoms with Crippen LogP contribution in [0.4, 0.5) is 0 Å². The molecule has 0 saturated heterocycles. The molecule has 0 aliphatic carbocycles. The van der Waals surface area contributed by atoms with E-state index in [2.05, 4.69) is 17.1 Å². The van der Waals surface area contributed by atoms with Gasteiger partial charge in [0.25, 0.3) is 5.91 Å². The number of hydrogen-bond acceptors (Lipinski definition) is 2. The number of carbonyl (C=O) groups is 1. The summed E-state index contributed by atoms with van der Waals surface area (Å²) in [7, 11) is 0. The molecule has 3 heteroatoms. The number of carbonyl (C=O) groups excluding carboxylic acids is 1.